The summed E-state index contributed by atoms with van der Waals surface area (Å²) in [7, 11) is 0. The molecule has 24 heavy (non-hydrogen) atoms. The molecule has 6 heteroatoms. The number of nitrogens with zero attached hydrogens (tertiary/aromatic N) is 1. The van der Waals surface area contributed by atoms with Crippen molar-refractivity contribution < 1.29 is 9.21 Å². The average molecular weight is 365 g/mol. The van der Waals surface area contributed by atoms with Gasteiger partial charge in [-0.1, -0.05) is 18.2 Å². The van der Waals surface area contributed by atoms with Crippen molar-refractivity contribution in [1.29, 1.82) is 5.26 Å². The van der Waals surface area contributed by atoms with Gasteiger partial charge in [-0.15, -0.1) is 23.2 Å². The van der Waals surface area contributed by atoms with Crippen LogP contribution in [0.1, 0.15) is 33.0 Å². The number of halogens is 2. The Balaban J connectivity index is 1.96. The highest BCUT2D eigenvalue weighted by Gasteiger charge is 2.21. The van der Waals surface area contributed by atoms with E-state index in [1.807, 2.05) is 6.07 Å². The third-order valence-electron chi connectivity index (χ3n) is 3.79. The van der Waals surface area contributed by atoms with Crippen molar-refractivity contribution in [2.45, 2.75) is 37.6 Å². The second kappa shape index (κ2) is 8.23. The first-order chi connectivity index (χ1) is 11.4. The SMILES string of the molecule is Cc1ccc(CCc2ccc(C(=O)NC(C#N)C(Cl)Cl)o2)cc1C. The minimum Gasteiger partial charge on any atom is -0.456 e. The number of alkyl halides is 2. The van der Waals surface area contributed by atoms with Crippen molar-refractivity contribution in [3.05, 3.63) is 58.5 Å². The molecule has 2 rings (SSSR count). The Morgan fingerprint density at radius 2 is 1.96 bits per heavy atom. The molecule has 0 fully saturated rings. The van der Waals surface area contributed by atoms with E-state index in [2.05, 4.69) is 37.4 Å². The summed E-state index contributed by atoms with van der Waals surface area (Å²) in [6.07, 6.45) is 1.51. The molecule has 1 N–H and O–H groups in total. The molecule has 1 unspecified atom stereocenters. The van der Waals surface area contributed by atoms with Crippen LogP contribution in [0.5, 0.6) is 0 Å². The Kier molecular flexibility index (Phi) is 6.30. The highest BCUT2D eigenvalue weighted by molar-refractivity contribution is 6.45. The van der Waals surface area contributed by atoms with Gasteiger partial charge in [0.1, 0.15) is 16.6 Å². The van der Waals surface area contributed by atoms with Gasteiger partial charge in [-0.05, 0) is 49.1 Å². The summed E-state index contributed by atoms with van der Waals surface area (Å²) < 4.78 is 5.54. The van der Waals surface area contributed by atoms with E-state index < -0.39 is 16.8 Å². The Morgan fingerprint density at radius 1 is 1.21 bits per heavy atom. The number of nitriles is 1. The minimum absolute atomic E-state index is 0.138. The highest BCUT2D eigenvalue weighted by Crippen LogP contribution is 2.15. The van der Waals surface area contributed by atoms with Gasteiger partial charge in [-0.3, -0.25) is 4.79 Å². The standard InChI is InChI=1S/C18H18Cl2N2O2/c1-11-3-4-13(9-12(11)2)5-6-14-7-8-16(24-14)18(23)22-15(10-21)17(19)20/h3-4,7-9,15,17H,5-6H2,1-2H3,(H,22,23). The van der Waals surface area contributed by atoms with Gasteiger partial charge in [0.15, 0.2) is 5.76 Å². The van der Waals surface area contributed by atoms with E-state index in [9.17, 15) is 4.79 Å². The smallest absolute Gasteiger partial charge is 0.288 e. The van der Waals surface area contributed by atoms with Gasteiger partial charge in [0, 0.05) is 6.42 Å². The van der Waals surface area contributed by atoms with Crippen LogP contribution in [-0.4, -0.2) is 16.8 Å². The first kappa shape index (κ1) is 18.4. The Labute approximate surface area is 151 Å². The average Bonchev–Trinajstić information content (AvgIpc) is 3.02. The van der Waals surface area contributed by atoms with E-state index in [0.29, 0.717) is 12.2 Å². The molecule has 0 spiro atoms. The second-order valence-electron chi connectivity index (χ2n) is 5.60. The van der Waals surface area contributed by atoms with Gasteiger partial charge >= 0.3 is 0 Å². The predicted molar refractivity (Wildman–Crippen MR) is 94.4 cm³/mol. The number of nitrogens with one attached hydrogen (secondary N) is 1. The third-order valence-corrected chi connectivity index (χ3v) is 4.30. The molecule has 0 aliphatic carbocycles. The summed E-state index contributed by atoms with van der Waals surface area (Å²) >= 11 is 11.2. The third kappa shape index (κ3) is 4.77. The fourth-order valence-electron chi connectivity index (χ4n) is 2.22. The number of rotatable bonds is 6. The maximum atomic E-state index is 12.0. The zero-order chi connectivity index (χ0) is 17.7. The molecule has 0 saturated heterocycles. The van der Waals surface area contributed by atoms with Crippen LogP contribution >= 0.6 is 23.2 Å². The molecular weight excluding hydrogens is 347 g/mol. The number of carbonyl (C=O) groups is 1. The van der Waals surface area contributed by atoms with E-state index in [0.717, 1.165) is 6.42 Å². The van der Waals surface area contributed by atoms with Crippen molar-refractivity contribution >= 4 is 29.1 Å². The number of amides is 1. The zero-order valence-corrected chi connectivity index (χ0v) is 15.0. The molecule has 0 saturated carbocycles. The monoisotopic (exact) mass is 364 g/mol. The minimum atomic E-state index is -1.00. The van der Waals surface area contributed by atoms with Gasteiger partial charge in [0.05, 0.1) is 6.07 Å². The van der Waals surface area contributed by atoms with E-state index in [4.69, 9.17) is 32.9 Å². The lowest BCUT2D eigenvalue weighted by atomic mass is 10.0. The number of carbonyl (C=O) groups excluding carboxylic acids is 1. The fourth-order valence-corrected chi connectivity index (χ4v) is 2.46. The van der Waals surface area contributed by atoms with Crippen LogP contribution in [0, 0.1) is 25.2 Å². The van der Waals surface area contributed by atoms with Crippen LogP contribution in [0.3, 0.4) is 0 Å². The van der Waals surface area contributed by atoms with Crippen molar-refractivity contribution in [2.75, 3.05) is 0 Å². The lowest BCUT2D eigenvalue weighted by molar-refractivity contribution is 0.0917. The van der Waals surface area contributed by atoms with Crippen molar-refractivity contribution in [2.24, 2.45) is 0 Å². The molecule has 2 aromatic rings. The summed E-state index contributed by atoms with van der Waals surface area (Å²) in [6.45, 7) is 4.16. The molecule has 126 valence electrons. The van der Waals surface area contributed by atoms with Crippen molar-refractivity contribution in [3.63, 3.8) is 0 Å². The number of furan rings is 1. The lowest BCUT2D eigenvalue weighted by Crippen LogP contribution is -2.37. The van der Waals surface area contributed by atoms with E-state index >= 15 is 0 Å². The summed E-state index contributed by atoms with van der Waals surface area (Å²) in [6, 6.07) is 10.5. The van der Waals surface area contributed by atoms with Crippen molar-refractivity contribution in [3.8, 4) is 6.07 Å². The maximum absolute atomic E-state index is 12.0. The van der Waals surface area contributed by atoms with Gasteiger partial charge in [-0.25, -0.2) is 0 Å². The maximum Gasteiger partial charge on any atom is 0.288 e. The normalized spacial score (nSPS) is 12.0. The zero-order valence-electron chi connectivity index (χ0n) is 13.5. The molecule has 1 atom stereocenters. The summed E-state index contributed by atoms with van der Waals surface area (Å²) in [4.78, 5) is 11.0. The molecule has 0 aliphatic rings. The molecule has 0 radical (unpaired) electrons. The predicted octanol–water partition coefficient (Wildman–Crippen LogP) is 4.11. The van der Waals surface area contributed by atoms with Crippen LogP contribution in [0.4, 0.5) is 0 Å². The highest BCUT2D eigenvalue weighted by atomic mass is 35.5. The van der Waals surface area contributed by atoms with Crippen LogP contribution in [0.2, 0.25) is 0 Å². The molecular formula is C18H18Cl2N2O2. The van der Waals surface area contributed by atoms with E-state index in [1.54, 1.807) is 12.1 Å². The topological polar surface area (TPSA) is 66.0 Å². The number of hydrogen-bond acceptors (Lipinski definition) is 3. The Morgan fingerprint density at radius 3 is 2.58 bits per heavy atom. The Bertz CT molecular complexity index is 763. The van der Waals surface area contributed by atoms with Crippen molar-refractivity contribution in [1.82, 2.24) is 5.32 Å². The van der Waals surface area contributed by atoms with E-state index in [-0.39, 0.29) is 5.76 Å². The molecule has 1 amide bonds. The van der Waals surface area contributed by atoms with Crippen LogP contribution in [-0.2, 0) is 12.8 Å². The van der Waals surface area contributed by atoms with Gasteiger partial charge < -0.3 is 9.73 Å². The fraction of sp³-hybridized carbons (Fsp3) is 0.333. The quantitative estimate of drug-likeness (QED) is 0.784. The van der Waals surface area contributed by atoms with Crippen LogP contribution in [0.15, 0.2) is 34.7 Å². The van der Waals surface area contributed by atoms with Crippen LogP contribution < -0.4 is 5.32 Å². The second-order valence-corrected chi connectivity index (χ2v) is 6.76. The van der Waals surface area contributed by atoms with Gasteiger partial charge in [0.2, 0.25) is 0 Å². The first-order valence-electron chi connectivity index (χ1n) is 7.54. The Hall–Kier alpha value is -1.96. The number of hydrogen-bond donors (Lipinski definition) is 1. The molecule has 0 aliphatic heterocycles. The largest absolute Gasteiger partial charge is 0.456 e. The molecule has 4 nitrogen and oxygen atoms in total. The molecule has 0 bridgehead atoms. The summed E-state index contributed by atoms with van der Waals surface area (Å²) in [5.74, 6) is 0.338. The van der Waals surface area contributed by atoms with Gasteiger partial charge in [0.25, 0.3) is 5.91 Å². The van der Waals surface area contributed by atoms with E-state index in [1.165, 1.54) is 16.7 Å². The summed E-state index contributed by atoms with van der Waals surface area (Å²) in [5, 5.41) is 11.3. The molecule has 1 aromatic heterocycles. The summed E-state index contributed by atoms with van der Waals surface area (Å²) in [5.41, 5.74) is 3.74. The lowest BCUT2D eigenvalue weighted by Gasteiger charge is -2.10. The number of aryl methyl sites for hydroxylation is 4. The van der Waals surface area contributed by atoms with Crippen LogP contribution in [0.25, 0.3) is 0 Å². The first-order valence-corrected chi connectivity index (χ1v) is 8.41. The molecule has 1 heterocycles. The van der Waals surface area contributed by atoms with Gasteiger partial charge in [-0.2, -0.15) is 5.26 Å². The number of benzene rings is 1. The molecule has 1 aromatic carbocycles.